The van der Waals surface area contributed by atoms with E-state index in [1.807, 2.05) is 0 Å². The van der Waals surface area contributed by atoms with Crippen molar-refractivity contribution in [3.8, 4) is 0 Å². The highest BCUT2D eigenvalue weighted by molar-refractivity contribution is 9.11. The largest absolute Gasteiger partial charge is 0.481 e. The highest BCUT2D eigenvalue weighted by Gasteiger charge is 2.10. The molecular weight excluding hydrogens is 346 g/mol. The summed E-state index contributed by atoms with van der Waals surface area (Å²) in [5.74, 6) is -0.955. The lowest BCUT2D eigenvalue weighted by Crippen LogP contribution is -2.20. The number of aromatic nitrogens is 1. The number of nitrogens with zero attached hydrogens (tertiary/aromatic N) is 1. The fraction of sp³-hybridized carbons (Fsp3) is 0.0833. The van der Waals surface area contributed by atoms with E-state index in [1.54, 1.807) is 30.5 Å². The first-order valence-electron chi connectivity index (χ1n) is 5.53. The molecule has 0 saturated carbocycles. The lowest BCUT2D eigenvalue weighted by molar-refractivity contribution is -0.136. The van der Waals surface area contributed by atoms with Crippen molar-refractivity contribution < 1.29 is 14.7 Å². The number of carboxylic acid groups (broad SMARTS) is 1. The van der Waals surface area contributed by atoms with Crippen LogP contribution in [0.25, 0.3) is 0 Å². The quantitative estimate of drug-likeness (QED) is 0.785. The zero-order chi connectivity index (χ0) is 14.5. The summed E-state index contributed by atoms with van der Waals surface area (Å²) in [5, 5.41) is 14.5. The lowest BCUT2D eigenvalue weighted by atomic mass is 10.1. The van der Waals surface area contributed by atoms with Gasteiger partial charge in [0.2, 0.25) is 0 Å². The van der Waals surface area contributed by atoms with Gasteiger partial charge < -0.3 is 10.4 Å². The van der Waals surface area contributed by atoms with Crippen molar-refractivity contribution in [1.82, 2.24) is 4.98 Å². The summed E-state index contributed by atoms with van der Waals surface area (Å²) in [7, 11) is 0. The molecule has 2 amide bonds. The van der Waals surface area contributed by atoms with E-state index in [0.717, 1.165) is 3.79 Å². The molecule has 0 atom stereocenters. The number of halogens is 1. The monoisotopic (exact) mass is 355 g/mol. The standard InChI is InChI=1S/C12H10BrN3O3S/c13-9-6-14-12(20-9)16-11(19)15-8-4-2-1-3-7(8)5-10(17)18/h1-4,6H,5H2,(H,17,18)(H2,14,15,16,19). The average Bonchev–Trinajstić information content (AvgIpc) is 2.76. The second kappa shape index (κ2) is 6.49. The number of para-hydroxylation sites is 1. The molecule has 0 aliphatic rings. The van der Waals surface area contributed by atoms with Crippen molar-refractivity contribution in [3.63, 3.8) is 0 Å². The molecule has 2 aromatic rings. The second-order valence-corrected chi connectivity index (χ2v) is 6.19. The van der Waals surface area contributed by atoms with Crippen LogP contribution in [-0.2, 0) is 11.2 Å². The van der Waals surface area contributed by atoms with Crippen LogP contribution < -0.4 is 10.6 Å². The Hall–Kier alpha value is -1.93. The maximum atomic E-state index is 11.8. The van der Waals surface area contributed by atoms with Crippen molar-refractivity contribution in [3.05, 3.63) is 39.8 Å². The minimum Gasteiger partial charge on any atom is -0.481 e. The molecule has 1 aromatic heterocycles. The number of anilines is 2. The fourth-order valence-electron chi connectivity index (χ4n) is 1.52. The predicted molar refractivity (Wildman–Crippen MR) is 80.2 cm³/mol. The van der Waals surface area contributed by atoms with E-state index in [2.05, 4.69) is 31.5 Å². The van der Waals surface area contributed by atoms with E-state index < -0.39 is 12.0 Å². The number of aliphatic carboxylic acids is 1. The molecule has 0 bridgehead atoms. The molecule has 2 rings (SSSR count). The summed E-state index contributed by atoms with van der Waals surface area (Å²) >= 11 is 4.53. The highest BCUT2D eigenvalue weighted by atomic mass is 79.9. The van der Waals surface area contributed by atoms with Gasteiger partial charge in [-0.1, -0.05) is 29.5 Å². The summed E-state index contributed by atoms with van der Waals surface area (Å²) in [4.78, 5) is 26.5. The predicted octanol–water partition coefficient (Wildman–Crippen LogP) is 3.18. The molecule has 0 fully saturated rings. The van der Waals surface area contributed by atoms with Crippen LogP contribution in [0.15, 0.2) is 34.2 Å². The molecule has 0 radical (unpaired) electrons. The summed E-state index contributed by atoms with van der Waals surface area (Å²) in [6.07, 6.45) is 1.43. The summed E-state index contributed by atoms with van der Waals surface area (Å²) in [6.45, 7) is 0. The lowest BCUT2D eigenvalue weighted by Gasteiger charge is -2.09. The molecule has 1 aromatic carbocycles. The molecule has 20 heavy (non-hydrogen) atoms. The van der Waals surface area contributed by atoms with Crippen LogP contribution in [0.3, 0.4) is 0 Å². The number of nitrogens with one attached hydrogen (secondary N) is 2. The average molecular weight is 356 g/mol. The van der Waals surface area contributed by atoms with Gasteiger partial charge in [0.1, 0.15) is 0 Å². The number of carboxylic acids is 1. The van der Waals surface area contributed by atoms with E-state index >= 15 is 0 Å². The minimum absolute atomic E-state index is 0.154. The number of urea groups is 1. The Morgan fingerprint density at radius 2 is 2.05 bits per heavy atom. The first kappa shape index (κ1) is 14.5. The van der Waals surface area contributed by atoms with E-state index in [1.165, 1.54) is 11.3 Å². The van der Waals surface area contributed by atoms with Crippen molar-refractivity contribution in [2.24, 2.45) is 0 Å². The fourth-order valence-corrected chi connectivity index (χ4v) is 2.62. The number of benzene rings is 1. The Labute approximate surface area is 127 Å². The number of hydrogen-bond donors (Lipinski definition) is 3. The van der Waals surface area contributed by atoms with Crippen molar-refractivity contribution in [1.29, 1.82) is 0 Å². The van der Waals surface area contributed by atoms with Crippen LogP contribution in [0.2, 0.25) is 0 Å². The van der Waals surface area contributed by atoms with Crippen molar-refractivity contribution in [2.75, 3.05) is 10.6 Å². The third-order valence-electron chi connectivity index (χ3n) is 2.31. The van der Waals surface area contributed by atoms with Gasteiger partial charge in [0.25, 0.3) is 0 Å². The molecule has 8 heteroatoms. The molecule has 6 nitrogen and oxygen atoms in total. The van der Waals surface area contributed by atoms with Crippen LogP contribution in [0.1, 0.15) is 5.56 Å². The van der Waals surface area contributed by atoms with E-state index in [-0.39, 0.29) is 6.42 Å². The number of hydrogen-bond acceptors (Lipinski definition) is 4. The molecule has 0 unspecified atom stereocenters. The van der Waals surface area contributed by atoms with Gasteiger partial charge in [-0.2, -0.15) is 0 Å². The number of carbonyl (C=O) groups excluding carboxylic acids is 1. The Morgan fingerprint density at radius 1 is 1.30 bits per heavy atom. The molecule has 104 valence electrons. The molecule has 0 saturated heterocycles. The first-order valence-corrected chi connectivity index (χ1v) is 7.14. The van der Waals surface area contributed by atoms with Gasteiger partial charge in [-0.15, -0.1) is 0 Å². The maximum Gasteiger partial charge on any atom is 0.325 e. The number of carbonyl (C=O) groups is 2. The minimum atomic E-state index is -0.955. The topological polar surface area (TPSA) is 91.3 Å². The number of amides is 2. The van der Waals surface area contributed by atoms with E-state index in [4.69, 9.17) is 5.11 Å². The zero-order valence-corrected chi connectivity index (χ0v) is 12.5. The molecular formula is C12H10BrN3O3S. The Kier molecular flexibility index (Phi) is 4.70. The molecule has 0 aliphatic heterocycles. The molecule has 0 aliphatic carbocycles. The summed E-state index contributed by atoms with van der Waals surface area (Å²) in [6, 6.07) is 6.28. The van der Waals surface area contributed by atoms with Crippen molar-refractivity contribution >= 4 is 50.1 Å². The third-order valence-corrected chi connectivity index (χ3v) is 3.70. The Balaban J connectivity index is 2.05. The zero-order valence-electron chi connectivity index (χ0n) is 10.1. The van der Waals surface area contributed by atoms with Gasteiger partial charge in [-0.05, 0) is 27.6 Å². The summed E-state index contributed by atoms with van der Waals surface area (Å²) in [5.41, 5.74) is 0.999. The van der Waals surface area contributed by atoms with Crippen LogP contribution in [-0.4, -0.2) is 22.1 Å². The molecule has 0 spiro atoms. The van der Waals surface area contributed by atoms with Crippen LogP contribution >= 0.6 is 27.3 Å². The van der Waals surface area contributed by atoms with E-state index in [9.17, 15) is 9.59 Å². The maximum absolute atomic E-state index is 11.8. The number of rotatable bonds is 4. The van der Waals surface area contributed by atoms with Gasteiger partial charge in [0.15, 0.2) is 5.13 Å². The number of thiazole rings is 1. The molecule has 1 heterocycles. The Bertz CT molecular complexity index is 644. The smallest absolute Gasteiger partial charge is 0.325 e. The van der Waals surface area contributed by atoms with Gasteiger partial charge in [-0.3, -0.25) is 10.1 Å². The molecule has 3 N–H and O–H groups in total. The van der Waals surface area contributed by atoms with Crippen LogP contribution in [0.4, 0.5) is 15.6 Å². The highest BCUT2D eigenvalue weighted by Crippen LogP contribution is 2.23. The van der Waals surface area contributed by atoms with Gasteiger partial charge in [-0.25, -0.2) is 9.78 Å². The van der Waals surface area contributed by atoms with Crippen LogP contribution in [0, 0.1) is 0 Å². The summed E-state index contributed by atoms with van der Waals surface area (Å²) < 4.78 is 0.805. The van der Waals surface area contributed by atoms with E-state index in [0.29, 0.717) is 16.4 Å². The van der Waals surface area contributed by atoms with Crippen LogP contribution in [0.5, 0.6) is 0 Å². The first-order chi connectivity index (χ1) is 9.54. The SMILES string of the molecule is O=C(O)Cc1ccccc1NC(=O)Nc1ncc(Br)s1. The van der Waals surface area contributed by atoms with Crippen molar-refractivity contribution in [2.45, 2.75) is 6.42 Å². The second-order valence-electron chi connectivity index (χ2n) is 3.78. The van der Waals surface area contributed by atoms with Gasteiger partial charge in [0.05, 0.1) is 16.4 Å². The third kappa shape index (κ3) is 4.04. The van der Waals surface area contributed by atoms with Gasteiger partial charge in [0, 0.05) is 5.69 Å². The normalized spacial score (nSPS) is 10.1. The Morgan fingerprint density at radius 3 is 2.70 bits per heavy atom. The van der Waals surface area contributed by atoms with Gasteiger partial charge >= 0.3 is 12.0 Å².